The van der Waals surface area contributed by atoms with E-state index in [-0.39, 0.29) is 22.8 Å². The van der Waals surface area contributed by atoms with E-state index >= 15 is 8.78 Å². The van der Waals surface area contributed by atoms with Crippen LogP contribution in [-0.4, -0.2) is 54.0 Å². The number of carbonyl (C=O) groups is 1. The van der Waals surface area contributed by atoms with E-state index in [1.807, 2.05) is 11.9 Å². The predicted molar refractivity (Wildman–Crippen MR) is 134 cm³/mol. The zero-order valence-electron chi connectivity index (χ0n) is 20.1. The number of likely N-dealkylation sites (N-methyl/N-ethyl adjacent to an activating group) is 1. The lowest BCUT2D eigenvalue weighted by Gasteiger charge is -2.34. The molecule has 1 aromatic heterocycles. The van der Waals surface area contributed by atoms with Crippen LogP contribution >= 0.6 is 0 Å². The first kappa shape index (κ1) is 25.2. The Balaban J connectivity index is 1.56. The summed E-state index contributed by atoms with van der Waals surface area (Å²) in [5.74, 6) is -4.49. The summed E-state index contributed by atoms with van der Waals surface area (Å²) >= 11 is 0. The average Bonchev–Trinajstić information content (AvgIpc) is 2.86. The molecule has 0 unspecified atom stereocenters. The first-order valence-electron chi connectivity index (χ1n) is 11.4. The highest BCUT2D eigenvalue weighted by Crippen LogP contribution is 2.37. The van der Waals surface area contributed by atoms with Gasteiger partial charge in [-0.05, 0) is 55.9 Å². The van der Waals surface area contributed by atoms with Gasteiger partial charge in [-0.3, -0.25) is 4.79 Å². The fraction of sp³-hybridized carbons (Fsp3) is 0.269. The number of alkyl halides is 2. The predicted octanol–water partition coefficient (Wildman–Crippen LogP) is 4.68. The van der Waals surface area contributed by atoms with Gasteiger partial charge < -0.3 is 20.4 Å². The number of nitrogens with zero attached hydrogens (tertiary/aromatic N) is 4. The van der Waals surface area contributed by atoms with Gasteiger partial charge in [0.15, 0.2) is 0 Å². The highest BCUT2D eigenvalue weighted by Gasteiger charge is 2.38. The molecule has 1 amide bonds. The lowest BCUT2D eigenvalue weighted by Crippen LogP contribution is -2.44. The lowest BCUT2D eigenvalue weighted by molar-refractivity contribution is -0.111. The van der Waals surface area contributed by atoms with Crippen molar-refractivity contribution >= 4 is 28.9 Å². The van der Waals surface area contributed by atoms with Crippen LogP contribution in [0.15, 0.2) is 61.3 Å². The Bertz CT molecular complexity index is 1270. The molecule has 2 heterocycles. The summed E-state index contributed by atoms with van der Waals surface area (Å²) < 4.78 is 45.8. The van der Waals surface area contributed by atoms with Gasteiger partial charge in [0.25, 0.3) is 0 Å². The van der Waals surface area contributed by atoms with Crippen LogP contribution in [0, 0.1) is 12.7 Å². The normalized spacial score (nSPS) is 14.4. The lowest BCUT2D eigenvalue weighted by atomic mass is 10.0. The van der Waals surface area contributed by atoms with Crippen molar-refractivity contribution < 1.29 is 18.0 Å². The molecule has 4 rings (SSSR count). The Morgan fingerprint density at radius 1 is 1.11 bits per heavy atom. The second kappa shape index (κ2) is 10.4. The summed E-state index contributed by atoms with van der Waals surface area (Å²) in [4.78, 5) is 23.9. The molecule has 2 aromatic carbocycles. The second-order valence-electron chi connectivity index (χ2n) is 8.66. The Labute approximate surface area is 207 Å². The number of nitrogens with one attached hydrogen (secondary N) is 2. The Morgan fingerprint density at radius 2 is 1.86 bits per heavy atom. The Kier molecular flexibility index (Phi) is 7.25. The summed E-state index contributed by atoms with van der Waals surface area (Å²) in [6.07, 6.45) is 2.34. The number of hydrogen-bond acceptors (Lipinski definition) is 6. The van der Waals surface area contributed by atoms with E-state index in [1.165, 1.54) is 43.5 Å². The average molecular weight is 497 g/mol. The molecule has 1 saturated heterocycles. The fourth-order valence-corrected chi connectivity index (χ4v) is 3.96. The summed E-state index contributed by atoms with van der Waals surface area (Å²) in [5, 5.41) is 5.30. The largest absolute Gasteiger partial charge is 0.367 e. The zero-order valence-corrected chi connectivity index (χ0v) is 20.1. The third-order valence-electron chi connectivity index (χ3n) is 5.99. The van der Waals surface area contributed by atoms with E-state index < -0.39 is 23.3 Å². The topological polar surface area (TPSA) is 73.4 Å². The minimum Gasteiger partial charge on any atom is -0.367 e. The first-order valence-corrected chi connectivity index (χ1v) is 11.4. The monoisotopic (exact) mass is 496 g/mol. The van der Waals surface area contributed by atoms with Crippen molar-refractivity contribution in [2.24, 2.45) is 0 Å². The van der Waals surface area contributed by atoms with Gasteiger partial charge in [-0.1, -0.05) is 18.7 Å². The van der Waals surface area contributed by atoms with Crippen LogP contribution in [0.1, 0.15) is 16.8 Å². The SMILES string of the molecule is C=CC(=O)Nc1cccc(C(F)(F)c2nc(Nc3ccc(N4CCN(C)CC4)c(F)c3)ncc2C)c1. The number of rotatable bonds is 7. The van der Waals surface area contributed by atoms with Crippen LogP contribution in [0.25, 0.3) is 0 Å². The quantitative estimate of drug-likeness (QED) is 0.463. The van der Waals surface area contributed by atoms with E-state index in [4.69, 9.17) is 0 Å². The van der Waals surface area contributed by atoms with E-state index in [0.717, 1.165) is 32.3 Å². The number of halogens is 3. The van der Waals surface area contributed by atoms with Gasteiger partial charge in [0, 0.05) is 49.3 Å². The Morgan fingerprint density at radius 3 is 2.56 bits per heavy atom. The summed E-state index contributed by atoms with van der Waals surface area (Å²) in [7, 11) is 2.03. The van der Waals surface area contributed by atoms with Gasteiger partial charge in [0.2, 0.25) is 11.9 Å². The van der Waals surface area contributed by atoms with Crippen LogP contribution < -0.4 is 15.5 Å². The molecule has 0 aliphatic carbocycles. The molecule has 3 aromatic rings. The summed E-state index contributed by atoms with van der Waals surface area (Å²) in [5.41, 5.74) is 0.383. The van der Waals surface area contributed by atoms with E-state index in [9.17, 15) is 9.18 Å². The Hall–Kier alpha value is -3.92. The van der Waals surface area contributed by atoms with Gasteiger partial charge in [-0.2, -0.15) is 8.78 Å². The molecule has 0 atom stereocenters. The van der Waals surface area contributed by atoms with Crippen LogP contribution in [0.5, 0.6) is 0 Å². The zero-order chi connectivity index (χ0) is 25.9. The van der Waals surface area contributed by atoms with Crippen molar-refractivity contribution in [3.63, 3.8) is 0 Å². The smallest absolute Gasteiger partial charge is 0.315 e. The molecule has 188 valence electrons. The van der Waals surface area contributed by atoms with Gasteiger partial charge in [-0.25, -0.2) is 14.4 Å². The number of piperazine rings is 1. The molecule has 0 radical (unpaired) electrons. The maximum Gasteiger partial charge on any atom is 0.315 e. The van der Waals surface area contributed by atoms with E-state index in [1.54, 1.807) is 12.1 Å². The van der Waals surface area contributed by atoms with Crippen molar-refractivity contribution in [1.29, 1.82) is 0 Å². The number of anilines is 4. The minimum absolute atomic E-state index is 0.0851. The number of aromatic nitrogens is 2. The molecule has 2 N–H and O–H groups in total. The maximum atomic E-state index is 15.5. The highest BCUT2D eigenvalue weighted by molar-refractivity contribution is 5.98. The van der Waals surface area contributed by atoms with Gasteiger partial charge >= 0.3 is 5.92 Å². The molecule has 36 heavy (non-hydrogen) atoms. The van der Waals surface area contributed by atoms with Crippen LogP contribution in [0.4, 0.5) is 36.2 Å². The van der Waals surface area contributed by atoms with Crippen LogP contribution in [-0.2, 0) is 10.7 Å². The first-order chi connectivity index (χ1) is 17.2. The number of benzene rings is 2. The highest BCUT2D eigenvalue weighted by atomic mass is 19.3. The van der Waals surface area contributed by atoms with Gasteiger partial charge in [0.05, 0.1) is 5.69 Å². The fourth-order valence-electron chi connectivity index (χ4n) is 3.96. The van der Waals surface area contributed by atoms with Crippen LogP contribution in [0.2, 0.25) is 0 Å². The molecule has 1 aliphatic heterocycles. The standard InChI is InChI=1S/C26H27F3N6O/c1-4-23(36)31-19-7-5-6-18(14-19)26(28,29)24-17(2)16-30-25(33-24)32-20-8-9-22(21(27)15-20)35-12-10-34(3)11-13-35/h4-9,14-16H,1,10-13H2,2-3H3,(H,31,36)(H,30,32,33). The van der Waals surface area contributed by atoms with Gasteiger partial charge in [0.1, 0.15) is 11.5 Å². The van der Waals surface area contributed by atoms with Crippen molar-refractivity contribution in [2.45, 2.75) is 12.8 Å². The third-order valence-corrected chi connectivity index (χ3v) is 5.99. The van der Waals surface area contributed by atoms with Crippen molar-refractivity contribution in [1.82, 2.24) is 14.9 Å². The molecule has 0 saturated carbocycles. The number of amides is 1. The molecule has 10 heteroatoms. The van der Waals surface area contributed by atoms with Gasteiger partial charge in [-0.15, -0.1) is 0 Å². The molecular formula is C26H27F3N6O. The van der Waals surface area contributed by atoms with E-state index in [0.29, 0.717) is 11.4 Å². The summed E-state index contributed by atoms with van der Waals surface area (Å²) in [6.45, 7) is 7.97. The molecule has 7 nitrogen and oxygen atoms in total. The maximum absolute atomic E-state index is 15.5. The minimum atomic E-state index is -3.48. The molecular weight excluding hydrogens is 469 g/mol. The summed E-state index contributed by atoms with van der Waals surface area (Å²) in [6, 6.07) is 10.00. The third kappa shape index (κ3) is 5.49. The molecule has 0 bridgehead atoms. The number of carbonyl (C=O) groups excluding carboxylic acids is 1. The number of aryl methyl sites for hydroxylation is 1. The van der Waals surface area contributed by atoms with Crippen molar-refractivity contribution in [3.8, 4) is 0 Å². The second-order valence-corrected chi connectivity index (χ2v) is 8.66. The molecule has 1 fully saturated rings. The van der Waals surface area contributed by atoms with Crippen molar-refractivity contribution in [3.05, 3.63) is 84.0 Å². The molecule has 1 aliphatic rings. The number of hydrogen-bond donors (Lipinski definition) is 2. The molecule has 0 spiro atoms. The van der Waals surface area contributed by atoms with Crippen LogP contribution in [0.3, 0.4) is 0 Å². The van der Waals surface area contributed by atoms with Crippen molar-refractivity contribution in [2.75, 3.05) is 48.8 Å². The van der Waals surface area contributed by atoms with E-state index in [2.05, 4.69) is 32.1 Å².